The monoisotopic (exact) mass is 312 g/mol. The van der Waals surface area contributed by atoms with Gasteiger partial charge in [-0.05, 0) is 35.9 Å². The van der Waals surface area contributed by atoms with Crippen LogP contribution in [-0.2, 0) is 6.54 Å². The number of benzene rings is 1. The van der Waals surface area contributed by atoms with Crippen molar-refractivity contribution in [2.75, 3.05) is 0 Å². The molecule has 0 saturated heterocycles. The van der Waals surface area contributed by atoms with E-state index >= 15 is 0 Å². The standard InChI is InChI=1S/C17H13FN2O2.CH4/c18-15-5-3-12(4-6-15)13-8-14(10-19-9-13)17(21)20-11-16-2-1-7-22-16;/h1-10H,11H2,(H,20,21);1H4. The summed E-state index contributed by atoms with van der Waals surface area (Å²) in [6.45, 7) is 0.312. The molecule has 0 bridgehead atoms. The first kappa shape index (κ1) is 16.4. The summed E-state index contributed by atoms with van der Waals surface area (Å²) in [6, 6.07) is 11.3. The molecule has 0 atom stereocenters. The summed E-state index contributed by atoms with van der Waals surface area (Å²) in [6.07, 6.45) is 4.68. The summed E-state index contributed by atoms with van der Waals surface area (Å²) < 4.78 is 18.1. The van der Waals surface area contributed by atoms with E-state index in [2.05, 4.69) is 10.3 Å². The van der Waals surface area contributed by atoms with E-state index in [1.807, 2.05) is 0 Å². The second-order valence-electron chi connectivity index (χ2n) is 4.73. The summed E-state index contributed by atoms with van der Waals surface area (Å²) in [5.41, 5.74) is 1.99. The van der Waals surface area contributed by atoms with Gasteiger partial charge in [0.25, 0.3) is 5.91 Å². The number of carbonyl (C=O) groups excluding carboxylic acids is 1. The molecule has 1 aromatic carbocycles. The average Bonchev–Trinajstić information content (AvgIpc) is 3.07. The van der Waals surface area contributed by atoms with Crippen molar-refractivity contribution in [2.24, 2.45) is 0 Å². The number of carbonyl (C=O) groups is 1. The van der Waals surface area contributed by atoms with Crippen LogP contribution in [0.1, 0.15) is 23.5 Å². The number of nitrogens with zero attached hydrogens (tertiary/aromatic N) is 1. The van der Waals surface area contributed by atoms with Crippen LogP contribution in [0.25, 0.3) is 11.1 Å². The molecule has 23 heavy (non-hydrogen) atoms. The fourth-order valence-electron chi connectivity index (χ4n) is 2.05. The van der Waals surface area contributed by atoms with E-state index < -0.39 is 0 Å². The van der Waals surface area contributed by atoms with Gasteiger partial charge in [-0.3, -0.25) is 9.78 Å². The molecule has 1 N–H and O–H groups in total. The van der Waals surface area contributed by atoms with Gasteiger partial charge in [0, 0.05) is 18.0 Å². The molecule has 3 rings (SSSR count). The molecule has 0 fully saturated rings. The SMILES string of the molecule is C.O=C(NCc1ccco1)c1cncc(-c2ccc(F)cc2)c1. The molecule has 3 aromatic rings. The minimum atomic E-state index is -0.302. The lowest BCUT2D eigenvalue weighted by Gasteiger charge is -2.06. The molecule has 118 valence electrons. The fourth-order valence-corrected chi connectivity index (χ4v) is 2.05. The zero-order chi connectivity index (χ0) is 15.4. The molecule has 0 spiro atoms. The molecule has 0 aliphatic carbocycles. The summed E-state index contributed by atoms with van der Waals surface area (Å²) in [5.74, 6) is 0.132. The largest absolute Gasteiger partial charge is 0.467 e. The Bertz CT molecular complexity index is 768. The summed E-state index contributed by atoms with van der Waals surface area (Å²) in [7, 11) is 0. The van der Waals surface area contributed by atoms with Crippen molar-refractivity contribution in [1.82, 2.24) is 10.3 Å². The number of furan rings is 1. The number of pyridine rings is 1. The van der Waals surface area contributed by atoms with Crippen LogP contribution in [0.3, 0.4) is 0 Å². The Morgan fingerprint density at radius 2 is 1.91 bits per heavy atom. The first-order valence-corrected chi connectivity index (χ1v) is 6.74. The van der Waals surface area contributed by atoms with Crippen LogP contribution in [0.4, 0.5) is 4.39 Å². The van der Waals surface area contributed by atoms with Crippen molar-refractivity contribution in [3.05, 3.63) is 78.3 Å². The average molecular weight is 312 g/mol. The van der Waals surface area contributed by atoms with E-state index in [1.54, 1.807) is 42.8 Å². The molecule has 4 nitrogen and oxygen atoms in total. The van der Waals surface area contributed by atoms with Crippen molar-refractivity contribution < 1.29 is 13.6 Å². The van der Waals surface area contributed by atoms with Gasteiger partial charge in [0.15, 0.2) is 0 Å². The molecule has 0 aliphatic rings. The Hall–Kier alpha value is -2.95. The Morgan fingerprint density at radius 1 is 1.13 bits per heavy atom. The first-order chi connectivity index (χ1) is 10.7. The maximum absolute atomic E-state index is 13.0. The highest BCUT2D eigenvalue weighted by Gasteiger charge is 2.08. The number of hydrogen-bond acceptors (Lipinski definition) is 3. The number of amides is 1. The molecular formula is C18H17FN2O2. The molecule has 0 saturated carbocycles. The minimum Gasteiger partial charge on any atom is -0.467 e. The van der Waals surface area contributed by atoms with Crippen LogP contribution in [-0.4, -0.2) is 10.9 Å². The van der Waals surface area contributed by atoms with Gasteiger partial charge in [-0.25, -0.2) is 4.39 Å². The van der Waals surface area contributed by atoms with Gasteiger partial charge in [0.05, 0.1) is 18.4 Å². The molecule has 5 heteroatoms. The first-order valence-electron chi connectivity index (χ1n) is 6.74. The number of halogens is 1. The van der Waals surface area contributed by atoms with E-state index in [0.29, 0.717) is 17.9 Å². The number of nitrogens with one attached hydrogen (secondary N) is 1. The Labute approximate surface area is 134 Å². The van der Waals surface area contributed by atoms with Crippen molar-refractivity contribution in [1.29, 1.82) is 0 Å². The molecule has 1 amide bonds. The van der Waals surface area contributed by atoms with E-state index in [9.17, 15) is 9.18 Å². The zero-order valence-corrected chi connectivity index (χ0v) is 11.6. The Morgan fingerprint density at radius 3 is 2.61 bits per heavy atom. The van der Waals surface area contributed by atoms with Crippen molar-refractivity contribution >= 4 is 5.91 Å². The lowest BCUT2D eigenvalue weighted by Crippen LogP contribution is -2.22. The van der Waals surface area contributed by atoms with Crippen molar-refractivity contribution in [3.63, 3.8) is 0 Å². The van der Waals surface area contributed by atoms with Gasteiger partial charge < -0.3 is 9.73 Å². The van der Waals surface area contributed by atoms with E-state index in [0.717, 1.165) is 11.1 Å². The third-order valence-electron chi connectivity index (χ3n) is 3.18. The highest BCUT2D eigenvalue weighted by molar-refractivity contribution is 5.94. The number of rotatable bonds is 4. The van der Waals surface area contributed by atoms with Gasteiger partial charge in [-0.1, -0.05) is 19.6 Å². The molecule has 2 heterocycles. The van der Waals surface area contributed by atoms with Gasteiger partial charge in [-0.2, -0.15) is 0 Å². The highest BCUT2D eigenvalue weighted by Crippen LogP contribution is 2.19. The quantitative estimate of drug-likeness (QED) is 0.791. The van der Waals surface area contributed by atoms with E-state index in [1.165, 1.54) is 18.3 Å². The zero-order valence-electron chi connectivity index (χ0n) is 11.6. The number of aromatic nitrogens is 1. The van der Waals surface area contributed by atoms with Gasteiger partial charge in [0.2, 0.25) is 0 Å². The molecule has 0 radical (unpaired) electrons. The lowest BCUT2D eigenvalue weighted by atomic mass is 10.1. The second kappa shape index (κ2) is 7.35. The Kier molecular flexibility index (Phi) is 5.25. The van der Waals surface area contributed by atoms with Crippen LogP contribution in [0.15, 0.2) is 65.5 Å². The van der Waals surface area contributed by atoms with Gasteiger partial charge in [-0.15, -0.1) is 0 Å². The lowest BCUT2D eigenvalue weighted by molar-refractivity contribution is 0.0947. The maximum Gasteiger partial charge on any atom is 0.253 e. The van der Waals surface area contributed by atoms with E-state index in [4.69, 9.17) is 4.42 Å². The third-order valence-corrected chi connectivity index (χ3v) is 3.18. The van der Waals surface area contributed by atoms with Gasteiger partial charge >= 0.3 is 0 Å². The summed E-state index contributed by atoms with van der Waals surface area (Å²) in [5, 5.41) is 2.76. The highest BCUT2D eigenvalue weighted by atomic mass is 19.1. The van der Waals surface area contributed by atoms with Crippen LogP contribution in [0, 0.1) is 5.82 Å². The van der Waals surface area contributed by atoms with Crippen molar-refractivity contribution in [3.8, 4) is 11.1 Å². The van der Waals surface area contributed by atoms with Gasteiger partial charge in [0.1, 0.15) is 11.6 Å². The fraction of sp³-hybridized carbons (Fsp3) is 0.111. The molecule has 0 unspecified atom stereocenters. The van der Waals surface area contributed by atoms with Crippen LogP contribution >= 0.6 is 0 Å². The third kappa shape index (κ3) is 4.03. The number of hydrogen-bond donors (Lipinski definition) is 1. The smallest absolute Gasteiger partial charge is 0.253 e. The normalized spacial score (nSPS) is 9.96. The maximum atomic E-state index is 13.0. The van der Waals surface area contributed by atoms with Crippen LogP contribution < -0.4 is 5.32 Å². The predicted molar refractivity (Wildman–Crippen MR) is 86.2 cm³/mol. The Balaban J connectivity index is 0.00000192. The van der Waals surface area contributed by atoms with Crippen molar-refractivity contribution in [2.45, 2.75) is 14.0 Å². The molecular weight excluding hydrogens is 295 g/mol. The van der Waals surface area contributed by atoms with E-state index in [-0.39, 0.29) is 19.2 Å². The second-order valence-corrected chi connectivity index (χ2v) is 4.73. The summed E-state index contributed by atoms with van der Waals surface area (Å²) >= 11 is 0. The molecule has 0 aliphatic heterocycles. The minimum absolute atomic E-state index is 0. The topological polar surface area (TPSA) is 55.1 Å². The van der Waals surface area contributed by atoms with Crippen LogP contribution in [0.2, 0.25) is 0 Å². The summed E-state index contributed by atoms with van der Waals surface area (Å²) in [4.78, 5) is 16.2. The van der Waals surface area contributed by atoms with Crippen LogP contribution in [0.5, 0.6) is 0 Å². The predicted octanol–water partition coefficient (Wildman–Crippen LogP) is 4.05. The molecule has 2 aromatic heterocycles.